The van der Waals surface area contributed by atoms with Crippen LogP contribution in [-0.4, -0.2) is 24.1 Å². The van der Waals surface area contributed by atoms with Gasteiger partial charge in [-0.25, -0.2) is 4.98 Å². The first-order valence-corrected chi connectivity index (χ1v) is 19.2. The Morgan fingerprint density at radius 2 is 0.909 bits per heavy atom. The van der Waals surface area contributed by atoms with Crippen LogP contribution in [0.4, 0.5) is 0 Å². The standard InChI is InChI=1S/C50H39N5/c1-49(2)30-50(3,4)43-37(49)26-17-29-40(43)54-38-27-15-13-24-35(38)41-42-36-25-14-16-28-39(36)55(45(42)34-23-12-11-22-33(34)44(41)54)48-52-46(31-18-7-5-8-19-31)51-47(53-48)32-20-9-6-10-21-32/h5-29H,30H2,1-4H3. The minimum Gasteiger partial charge on any atom is -0.308 e. The Hall–Kier alpha value is -6.59. The fourth-order valence-electron chi connectivity index (χ4n) is 10.0. The highest BCUT2D eigenvalue weighted by molar-refractivity contribution is 6.37. The molecular formula is C50H39N5. The highest BCUT2D eigenvalue weighted by Gasteiger charge is 2.44. The summed E-state index contributed by atoms with van der Waals surface area (Å²) in [5, 5.41) is 7.19. The van der Waals surface area contributed by atoms with E-state index in [0.717, 1.165) is 34.0 Å². The van der Waals surface area contributed by atoms with Gasteiger partial charge >= 0.3 is 0 Å². The summed E-state index contributed by atoms with van der Waals surface area (Å²) < 4.78 is 4.86. The van der Waals surface area contributed by atoms with E-state index in [9.17, 15) is 0 Å². The van der Waals surface area contributed by atoms with Crippen molar-refractivity contribution in [3.8, 4) is 34.4 Å². The van der Waals surface area contributed by atoms with Gasteiger partial charge in [0.2, 0.25) is 5.95 Å². The van der Waals surface area contributed by atoms with Gasteiger partial charge in [0, 0.05) is 43.4 Å². The molecule has 5 nitrogen and oxygen atoms in total. The second-order valence-electron chi connectivity index (χ2n) is 16.4. The summed E-state index contributed by atoms with van der Waals surface area (Å²) in [7, 11) is 0. The van der Waals surface area contributed by atoms with Crippen molar-refractivity contribution in [3.63, 3.8) is 0 Å². The number of para-hydroxylation sites is 2. The molecule has 55 heavy (non-hydrogen) atoms. The predicted molar refractivity (Wildman–Crippen MR) is 228 cm³/mol. The maximum atomic E-state index is 5.28. The second-order valence-corrected chi connectivity index (χ2v) is 16.4. The van der Waals surface area contributed by atoms with Crippen molar-refractivity contribution < 1.29 is 0 Å². The molecule has 0 N–H and O–H groups in total. The molecule has 1 aliphatic rings. The van der Waals surface area contributed by atoms with Gasteiger partial charge in [0.25, 0.3) is 0 Å². The lowest BCUT2D eigenvalue weighted by Crippen LogP contribution is -2.18. The first-order chi connectivity index (χ1) is 26.8. The Balaban J connectivity index is 1.34. The molecule has 3 heterocycles. The summed E-state index contributed by atoms with van der Waals surface area (Å²) in [6.45, 7) is 9.64. The Morgan fingerprint density at radius 1 is 0.436 bits per heavy atom. The lowest BCUT2D eigenvalue weighted by atomic mass is 9.81. The lowest BCUT2D eigenvalue weighted by Gasteiger charge is -2.24. The second kappa shape index (κ2) is 11.5. The van der Waals surface area contributed by atoms with E-state index in [0.29, 0.717) is 17.6 Å². The van der Waals surface area contributed by atoms with Gasteiger partial charge in [0.1, 0.15) is 0 Å². The van der Waals surface area contributed by atoms with Gasteiger partial charge in [0.05, 0.1) is 27.8 Å². The molecule has 5 heteroatoms. The number of fused-ring (bicyclic) bond motifs is 11. The van der Waals surface area contributed by atoms with Crippen molar-refractivity contribution in [2.75, 3.05) is 0 Å². The van der Waals surface area contributed by atoms with E-state index in [1.807, 2.05) is 36.4 Å². The topological polar surface area (TPSA) is 48.5 Å². The molecule has 11 rings (SSSR count). The largest absolute Gasteiger partial charge is 0.308 e. The van der Waals surface area contributed by atoms with Crippen LogP contribution >= 0.6 is 0 Å². The van der Waals surface area contributed by atoms with Gasteiger partial charge in [-0.2, -0.15) is 9.97 Å². The highest BCUT2D eigenvalue weighted by atomic mass is 15.2. The smallest absolute Gasteiger partial charge is 0.238 e. The number of benzene rings is 7. The van der Waals surface area contributed by atoms with E-state index in [-0.39, 0.29) is 10.8 Å². The predicted octanol–water partition coefficient (Wildman–Crippen LogP) is 12.5. The van der Waals surface area contributed by atoms with E-state index in [4.69, 9.17) is 15.0 Å². The molecule has 0 amide bonds. The third kappa shape index (κ3) is 4.56. The minimum absolute atomic E-state index is 0.00859. The summed E-state index contributed by atoms with van der Waals surface area (Å²) in [4.78, 5) is 15.6. The molecule has 0 bridgehead atoms. The fourth-order valence-corrected chi connectivity index (χ4v) is 10.0. The quantitative estimate of drug-likeness (QED) is 0.183. The first-order valence-electron chi connectivity index (χ1n) is 19.2. The fraction of sp³-hybridized carbons (Fsp3) is 0.140. The first kappa shape index (κ1) is 31.9. The van der Waals surface area contributed by atoms with Crippen LogP contribution in [0.3, 0.4) is 0 Å². The maximum Gasteiger partial charge on any atom is 0.238 e. The lowest BCUT2D eigenvalue weighted by molar-refractivity contribution is 0.403. The zero-order valence-electron chi connectivity index (χ0n) is 31.4. The Morgan fingerprint density at radius 3 is 1.47 bits per heavy atom. The van der Waals surface area contributed by atoms with Gasteiger partial charge in [-0.3, -0.25) is 4.57 Å². The van der Waals surface area contributed by atoms with E-state index < -0.39 is 0 Å². The molecule has 10 aromatic rings. The van der Waals surface area contributed by atoms with Crippen LogP contribution in [0.15, 0.2) is 152 Å². The normalized spacial score (nSPS) is 14.8. The van der Waals surface area contributed by atoms with Crippen molar-refractivity contribution in [2.24, 2.45) is 0 Å². The zero-order chi connectivity index (χ0) is 37.1. The van der Waals surface area contributed by atoms with Crippen molar-refractivity contribution in [2.45, 2.75) is 44.9 Å². The maximum absolute atomic E-state index is 5.28. The SMILES string of the molecule is CC1(C)CC(C)(C)c2c(-n3c4ccccc4c4c5c6ccccc6n(-c6nc(-c7ccccc7)nc(-c7ccccc7)n6)c5c5ccccc5c43)cccc21. The van der Waals surface area contributed by atoms with E-state index in [2.05, 4.69) is 152 Å². The van der Waals surface area contributed by atoms with Crippen LogP contribution < -0.4 is 0 Å². The summed E-state index contributed by atoms with van der Waals surface area (Å²) in [5.74, 6) is 1.87. The van der Waals surface area contributed by atoms with Gasteiger partial charge in [-0.1, -0.05) is 161 Å². The van der Waals surface area contributed by atoms with Crippen molar-refractivity contribution in [1.82, 2.24) is 24.1 Å². The Kier molecular flexibility index (Phi) is 6.64. The molecule has 0 atom stereocenters. The molecule has 0 aliphatic heterocycles. The summed E-state index contributed by atoms with van der Waals surface area (Å²) >= 11 is 0. The highest BCUT2D eigenvalue weighted by Crippen LogP contribution is 2.53. The van der Waals surface area contributed by atoms with Crippen LogP contribution in [0.1, 0.15) is 45.2 Å². The van der Waals surface area contributed by atoms with Crippen LogP contribution in [0.2, 0.25) is 0 Å². The Bertz CT molecular complexity index is 3110. The van der Waals surface area contributed by atoms with Crippen LogP contribution in [0.5, 0.6) is 0 Å². The third-order valence-electron chi connectivity index (χ3n) is 11.9. The van der Waals surface area contributed by atoms with Gasteiger partial charge in [0.15, 0.2) is 11.6 Å². The molecule has 0 spiro atoms. The number of hydrogen-bond acceptors (Lipinski definition) is 3. The third-order valence-corrected chi connectivity index (χ3v) is 11.9. The molecule has 0 fully saturated rings. The molecular weight excluding hydrogens is 671 g/mol. The molecule has 3 aromatic heterocycles. The summed E-state index contributed by atoms with van der Waals surface area (Å²) in [5.41, 5.74) is 10.7. The molecule has 0 radical (unpaired) electrons. The summed E-state index contributed by atoms with van der Waals surface area (Å²) in [6.07, 6.45) is 1.10. The van der Waals surface area contributed by atoms with E-state index >= 15 is 0 Å². The number of hydrogen-bond donors (Lipinski definition) is 0. The molecule has 264 valence electrons. The Labute approximate surface area is 319 Å². The average Bonchev–Trinajstić information content (AvgIpc) is 3.81. The van der Waals surface area contributed by atoms with Crippen LogP contribution in [0, 0.1) is 0 Å². The minimum atomic E-state index is 0.00859. The molecule has 7 aromatic carbocycles. The number of rotatable bonds is 4. The number of nitrogens with zero attached hydrogens (tertiary/aromatic N) is 5. The van der Waals surface area contributed by atoms with Gasteiger partial charge in [-0.05, 0) is 46.6 Å². The molecule has 0 saturated carbocycles. The van der Waals surface area contributed by atoms with Crippen molar-refractivity contribution in [3.05, 3.63) is 163 Å². The van der Waals surface area contributed by atoms with Crippen LogP contribution in [0.25, 0.3) is 88.8 Å². The number of aromatic nitrogens is 5. The van der Waals surface area contributed by atoms with E-state index in [1.165, 1.54) is 54.8 Å². The monoisotopic (exact) mass is 709 g/mol. The summed E-state index contributed by atoms with van der Waals surface area (Å²) in [6, 6.07) is 54.0. The van der Waals surface area contributed by atoms with Gasteiger partial charge in [-0.15, -0.1) is 0 Å². The zero-order valence-corrected chi connectivity index (χ0v) is 31.4. The molecule has 1 aliphatic carbocycles. The van der Waals surface area contributed by atoms with Crippen LogP contribution in [-0.2, 0) is 10.8 Å². The average molecular weight is 710 g/mol. The van der Waals surface area contributed by atoms with Crippen molar-refractivity contribution >= 4 is 54.4 Å². The molecule has 0 saturated heterocycles. The molecule has 0 unspecified atom stereocenters. The van der Waals surface area contributed by atoms with Crippen molar-refractivity contribution in [1.29, 1.82) is 0 Å². The van der Waals surface area contributed by atoms with E-state index in [1.54, 1.807) is 0 Å². The van der Waals surface area contributed by atoms with Gasteiger partial charge < -0.3 is 4.57 Å².